The Morgan fingerprint density at radius 1 is 0.762 bits per heavy atom. The number of rotatable bonds is 9. The standard InChI is InChI=1S/C46H59N11O6/c1-30(2)35-22-36(38(59)23-37(35)58)41(61)57-28-32-4-3-31(21-33(32)29-57)27-53-11-5-45(6-12-53)7-13-54(14-8-45)39(60)24-46(62)9-15-55(16-10-46)43-50-40(34-25-48-42(47)49-26-34)51-44(52-43)56-17-19-63-20-18-56/h3-4,21-23,25-26,30,58-59,62H,5-20,24,27-29H2,1-2H3,(H2,47,48,49). The van der Waals surface area contributed by atoms with Gasteiger partial charge in [0.15, 0.2) is 5.82 Å². The first-order chi connectivity index (χ1) is 30.3. The van der Waals surface area contributed by atoms with E-state index in [1.807, 2.05) is 18.7 Å². The molecule has 9 rings (SSSR count). The third-order valence-electron chi connectivity index (χ3n) is 14.1. The van der Waals surface area contributed by atoms with Crippen molar-refractivity contribution in [1.82, 2.24) is 39.6 Å². The lowest BCUT2D eigenvalue weighted by Crippen LogP contribution is -2.51. The molecule has 0 bridgehead atoms. The molecule has 63 heavy (non-hydrogen) atoms. The van der Waals surface area contributed by atoms with E-state index in [1.165, 1.54) is 11.6 Å². The molecule has 0 unspecified atom stereocenters. The van der Waals surface area contributed by atoms with Gasteiger partial charge >= 0.3 is 0 Å². The number of piperidine rings is 3. The number of nitrogen functional groups attached to an aromatic ring is 1. The van der Waals surface area contributed by atoms with Gasteiger partial charge in [-0.25, -0.2) is 9.97 Å². The van der Waals surface area contributed by atoms with Crippen LogP contribution in [0.15, 0.2) is 42.7 Å². The fourth-order valence-electron chi connectivity index (χ4n) is 9.94. The molecule has 17 nitrogen and oxygen atoms in total. The fraction of sp³-hybridized carbons (Fsp3) is 0.543. The number of nitrogens with two attached hydrogens (primary N) is 1. The first-order valence-electron chi connectivity index (χ1n) is 22.4. The second-order valence-electron chi connectivity index (χ2n) is 18.6. The number of phenols is 2. The number of carbonyl (C=O) groups is 2. The van der Waals surface area contributed by atoms with Crippen molar-refractivity contribution in [2.24, 2.45) is 5.41 Å². The second kappa shape index (κ2) is 17.5. The number of aromatic hydroxyl groups is 2. The van der Waals surface area contributed by atoms with E-state index < -0.39 is 5.60 Å². The number of nitrogens with zero attached hydrogens (tertiary/aromatic N) is 10. The van der Waals surface area contributed by atoms with Crippen molar-refractivity contribution < 1.29 is 29.6 Å². The van der Waals surface area contributed by atoms with Crippen LogP contribution in [0.4, 0.5) is 17.8 Å². The lowest BCUT2D eigenvalue weighted by molar-refractivity contribution is -0.140. The van der Waals surface area contributed by atoms with Crippen LogP contribution in [0.5, 0.6) is 11.5 Å². The van der Waals surface area contributed by atoms with Gasteiger partial charge in [-0.1, -0.05) is 32.0 Å². The van der Waals surface area contributed by atoms with Crippen molar-refractivity contribution in [2.75, 3.05) is 81.1 Å². The van der Waals surface area contributed by atoms with E-state index in [-0.39, 0.29) is 52.6 Å². The smallest absolute Gasteiger partial charge is 0.258 e. The van der Waals surface area contributed by atoms with E-state index in [1.54, 1.807) is 23.4 Å². The van der Waals surface area contributed by atoms with E-state index in [4.69, 9.17) is 25.4 Å². The molecule has 2 amide bonds. The van der Waals surface area contributed by atoms with Crippen LogP contribution in [0.25, 0.3) is 11.4 Å². The molecule has 5 N–H and O–H groups in total. The van der Waals surface area contributed by atoms with Crippen LogP contribution < -0.4 is 15.5 Å². The Kier molecular flexibility index (Phi) is 11.8. The van der Waals surface area contributed by atoms with Crippen molar-refractivity contribution >= 4 is 29.7 Å². The number of aromatic nitrogens is 5. The van der Waals surface area contributed by atoms with Crippen LogP contribution in [-0.2, 0) is 29.2 Å². The summed E-state index contributed by atoms with van der Waals surface area (Å²) in [4.78, 5) is 60.2. The van der Waals surface area contributed by atoms with Gasteiger partial charge in [0.25, 0.3) is 5.91 Å². The maximum atomic E-state index is 13.7. The van der Waals surface area contributed by atoms with Gasteiger partial charge in [0.1, 0.15) is 11.5 Å². The average Bonchev–Trinajstić information content (AvgIpc) is 3.71. The SMILES string of the molecule is CC(C)c1cc(C(=O)N2Cc3ccc(CN4CCC5(CC4)CCN(C(=O)CC4(O)CCN(c6nc(-c7cnc(N)nc7)nc(N7CCOCC7)n6)CC4)CC5)cc3C2)c(O)cc1O. The van der Waals surface area contributed by atoms with E-state index in [2.05, 4.69) is 42.9 Å². The molecule has 2 aromatic carbocycles. The number of carbonyl (C=O) groups excluding carboxylic acids is 2. The molecule has 1 spiro atoms. The fourth-order valence-corrected chi connectivity index (χ4v) is 9.94. The Balaban J connectivity index is 0.745. The van der Waals surface area contributed by atoms with Crippen LogP contribution in [0, 0.1) is 5.41 Å². The zero-order chi connectivity index (χ0) is 43.9. The summed E-state index contributed by atoms with van der Waals surface area (Å²) in [5, 5.41) is 32.5. The number of ether oxygens (including phenoxy) is 1. The van der Waals surface area contributed by atoms with Crippen molar-refractivity contribution in [3.8, 4) is 22.9 Å². The minimum atomic E-state index is -1.10. The molecule has 0 radical (unpaired) electrons. The van der Waals surface area contributed by atoms with Crippen molar-refractivity contribution in [3.63, 3.8) is 0 Å². The molecule has 0 atom stereocenters. The van der Waals surface area contributed by atoms with Gasteiger partial charge < -0.3 is 45.4 Å². The van der Waals surface area contributed by atoms with Crippen LogP contribution in [0.1, 0.15) is 97.3 Å². The van der Waals surface area contributed by atoms with Crippen LogP contribution in [0.2, 0.25) is 0 Å². The lowest BCUT2D eigenvalue weighted by Gasteiger charge is -2.47. The third kappa shape index (κ3) is 9.22. The van der Waals surface area contributed by atoms with Crippen molar-refractivity contribution in [2.45, 2.75) is 89.9 Å². The maximum Gasteiger partial charge on any atom is 0.258 e. The predicted molar refractivity (Wildman–Crippen MR) is 236 cm³/mol. The second-order valence-corrected chi connectivity index (χ2v) is 18.6. The number of hydrogen-bond donors (Lipinski definition) is 4. The molecular formula is C46H59N11O6. The highest BCUT2D eigenvalue weighted by Crippen LogP contribution is 2.42. The lowest BCUT2D eigenvalue weighted by atomic mass is 9.71. The van der Waals surface area contributed by atoms with Crippen LogP contribution in [0.3, 0.4) is 0 Å². The molecule has 334 valence electrons. The van der Waals surface area contributed by atoms with Crippen molar-refractivity contribution in [3.05, 3.63) is 70.5 Å². The highest BCUT2D eigenvalue weighted by molar-refractivity contribution is 5.97. The zero-order valence-electron chi connectivity index (χ0n) is 36.4. The molecule has 5 aliphatic rings. The Morgan fingerprint density at radius 2 is 1.40 bits per heavy atom. The van der Waals surface area contributed by atoms with Gasteiger partial charge in [-0.15, -0.1) is 0 Å². The zero-order valence-corrected chi connectivity index (χ0v) is 36.4. The summed E-state index contributed by atoms with van der Waals surface area (Å²) >= 11 is 0. The number of likely N-dealkylation sites (tertiary alicyclic amines) is 2. The number of morpholine rings is 1. The van der Waals surface area contributed by atoms with E-state index in [9.17, 15) is 24.9 Å². The molecular weight excluding hydrogens is 803 g/mol. The molecule has 0 aliphatic carbocycles. The molecule has 2 aromatic heterocycles. The Hall–Kier alpha value is -5.65. The number of amides is 2. The first kappa shape index (κ1) is 42.6. The highest BCUT2D eigenvalue weighted by atomic mass is 16.5. The molecule has 7 heterocycles. The van der Waals surface area contributed by atoms with E-state index in [0.717, 1.165) is 56.4 Å². The number of phenolic OH excluding ortho intramolecular Hbond substituents is 2. The average molecular weight is 862 g/mol. The van der Waals surface area contributed by atoms with E-state index in [0.29, 0.717) is 107 Å². The summed E-state index contributed by atoms with van der Waals surface area (Å²) in [5.74, 6) is 1.28. The summed E-state index contributed by atoms with van der Waals surface area (Å²) in [6.07, 6.45) is 8.30. The Labute approximate surface area is 367 Å². The summed E-state index contributed by atoms with van der Waals surface area (Å²) in [7, 11) is 0. The monoisotopic (exact) mass is 861 g/mol. The topological polar surface area (TPSA) is 211 Å². The van der Waals surface area contributed by atoms with Crippen LogP contribution in [-0.4, -0.2) is 138 Å². The number of fused-ring (bicyclic) bond motifs is 1. The van der Waals surface area contributed by atoms with Crippen molar-refractivity contribution in [1.29, 1.82) is 0 Å². The maximum absolute atomic E-state index is 13.7. The minimum Gasteiger partial charge on any atom is -0.508 e. The molecule has 4 fully saturated rings. The summed E-state index contributed by atoms with van der Waals surface area (Å²) < 4.78 is 5.55. The van der Waals surface area contributed by atoms with Gasteiger partial charge in [0, 0.05) is 77.4 Å². The number of hydrogen-bond acceptors (Lipinski definition) is 15. The molecule has 0 saturated carbocycles. The normalized spacial score (nSPS) is 20.1. The summed E-state index contributed by atoms with van der Waals surface area (Å²) in [6.45, 7) is 12.6. The predicted octanol–water partition coefficient (Wildman–Crippen LogP) is 4.06. The Bertz CT molecular complexity index is 2310. The Morgan fingerprint density at radius 3 is 2.06 bits per heavy atom. The van der Waals surface area contributed by atoms with Gasteiger partial charge in [0.2, 0.25) is 23.8 Å². The van der Waals surface area contributed by atoms with E-state index >= 15 is 0 Å². The number of benzene rings is 2. The molecule has 17 heteroatoms. The van der Waals surface area contributed by atoms with Gasteiger partial charge in [0.05, 0.1) is 36.4 Å². The quantitative estimate of drug-likeness (QED) is 0.187. The van der Waals surface area contributed by atoms with Gasteiger partial charge in [-0.3, -0.25) is 14.5 Å². The first-order valence-corrected chi connectivity index (χ1v) is 22.4. The molecule has 4 aromatic rings. The third-order valence-corrected chi connectivity index (χ3v) is 14.1. The number of aliphatic hydroxyl groups is 1. The minimum absolute atomic E-state index is 0.00209. The largest absolute Gasteiger partial charge is 0.508 e. The van der Waals surface area contributed by atoms with Gasteiger partial charge in [-0.2, -0.15) is 15.0 Å². The highest BCUT2D eigenvalue weighted by Gasteiger charge is 2.41. The molecule has 5 aliphatic heterocycles. The van der Waals surface area contributed by atoms with Gasteiger partial charge in [-0.05, 0) is 91.3 Å². The summed E-state index contributed by atoms with van der Waals surface area (Å²) in [6, 6.07) is 9.39. The molecule has 4 saturated heterocycles. The number of anilines is 3. The summed E-state index contributed by atoms with van der Waals surface area (Å²) in [5.41, 5.74) is 9.82. The van der Waals surface area contributed by atoms with Crippen LogP contribution >= 0.6 is 0 Å².